The number of hydrogen-bond donors (Lipinski definition) is 1. The van der Waals surface area contributed by atoms with Crippen molar-refractivity contribution >= 4 is 27.9 Å². The van der Waals surface area contributed by atoms with E-state index >= 15 is 0 Å². The molecule has 0 heterocycles. The molecule has 0 atom stereocenters. The average molecular weight is 202 g/mol. The van der Waals surface area contributed by atoms with Crippen LogP contribution in [0.5, 0.6) is 5.75 Å². The first-order valence-electron chi connectivity index (χ1n) is 4.42. The van der Waals surface area contributed by atoms with E-state index < -0.39 is 0 Å². The maximum Gasteiger partial charge on any atom is 0.131 e. The van der Waals surface area contributed by atoms with Gasteiger partial charge in [-0.2, -0.15) is 0 Å². The summed E-state index contributed by atoms with van der Waals surface area (Å²) >= 11 is 5.05. The van der Waals surface area contributed by atoms with Crippen LogP contribution in [0.1, 0.15) is 12.5 Å². The molecule has 2 rings (SSSR count). The summed E-state index contributed by atoms with van der Waals surface area (Å²) in [6, 6.07) is 11.6. The number of phenols is 1. The standard InChI is InChI=1S/C12H10OS/c1-8(14)10-7-6-9-4-2-3-5-11(9)12(10)13/h2-7,13H,1H3. The predicted molar refractivity (Wildman–Crippen MR) is 63.0 cm³/mol. The van der Waals surface area contributed by atoms with Crippen LogP contribution in [0, 0.1) is 0 Å². The van der Waals surface area contributed by atoms with Gasteiger partial charge in [-0.25, -0.2) is 0 Å². The summed E-state index contributed by atoms with van der Waals surface area (Å²) in [6.45, 7) is 1.82. The molecule has 0 radical (unpaired) electrons. The molecule has 70 valence electrons. The number of hydrogen-bond acceptors (Lipinski definition) is 2. The highest BCUT2D eigenvalue weighted by Crippen LogP contribution is 2.28. The molecule has 2 aromatic rings. The Labute approximate surface area is 88.0 Å². The van der Waals surface area contributed by atoms with Crippen molar-refractivity contribution in [3.05, 3.63) is 42.0 Å². The lowest BCUT2D eigenvalue weighted by molar-refractivity contribution is 0.480. The van der Waals surface area contributed by atoms with Gasteiger partial charge in [0.15, 0.2) is 0 Å². The van der Waals surface area contributed by atoms with Crippen LogP contribution in [0.15, 0.2) is 36.4 Å². The lowest BCUT2D eigenvalue weighted by Gasteiger charge is -2.05. The van der Waals surface area contributed by atoms with Crippen LogP contribution in [0.4, 0.5) is 0 Å². The van der Waals surface area contributed by atoms with E-state index in [1.807, 2.05) is 43.3 Å². The van der Waals surface area contributed by atoms with Gasteiger partial charge in [-0.3, -0.25) is 0 Å². The molecule has 1 N–H and O–H groups in total. The first-order chi connectivity index (χ1) is 6.70. The largest absolute Gasteiger partial charge is 0.507 e. The average Bonchev–Trinajstić information content (AvgIpc) is 2.18. The van der Waals surface area contributed by atoms with E-state index in [0.717, 1.165) is 16.3 Å². The quantitative estimate of drug-likeness (QED) is 0.565. The van der Waals surface area contributed by atoms with Gasteiger partial charge in [-0.15, -0.1) is 0 Å². The van der Waals surface area contributed by atoms with Gasteiger partial charge >= 0.3 is 0 Å². The van der Waals surface area contributed by atoms with Gasteiger partial charge in [0.25, 0.3) is 0 Å². The molecule has 0 saturated carbocycles. The molecule has 0 fully saturated rings. The monoisotopic (exact) mass is 202 g/mol. The summed E-state index contributed by atoms with van der Waals surface area (Å²) in [5, 5.41) is 11.8. The minimum absolute atomic E-state index is 0.288. The Kier molecular flexibility index (Phi) is 2.22. The lowest BCUT2D eigenvalue weighted by atomic mass is 10.0. The molecule has 0 bridgehead atoms. The molecule has 0 aliphatic rings. The molecule has 2 heteroatoms. The normalized spacial score (nSPS) is 10.4. The third-order valence-corrected chi connectivity index (χ3v) is 2.50. The molecular formula is C12H10OS. The molecule has 14 heavy (non-hydrogen) atoms. The van der Waals surface area contributed by atoms with Crippen LogP contribution < -0.4 is 0 Å². The Balaban J connectivity index is 2.81. The second kappa shape index (κ2) is 3.39. The molecule has 0 aliphatic carbocycles. The molecule has 0 spiro atoms. The zero-order valence-electron chi connectivity index (χ0n) is 7.82. The minimum Gasteiger partial charge on any atom is -0.507 e. The summed E-state index contributed by atoms with van der Waals surface area (Å²) in [5.74, 6) is 0.288. The molecule has 0 aromatic heterocycles. The fourth-order valence-corrected chi connectivity index (χ4v) is 1.70. The Bertz CT molecular complexity index is 503. The zero-order chi connectivity index (χ0) is 10.1. The maximum atomic E-state index is 9.93. The van der Waals surface area contributed by atoms with Crippen molar-refractivity contribution in [1.29, 1.82) is 0 Å². The van der Waals surface area contributed by atoms with E-state index in [4.69, 9.17) is 12.2 Å². The van der Waals surface area contributed by atoms with Crippen LogP contribution in [-0.2, 0) is 0 Å². The summed E-state index contributed by atoms with van der Waals surface area (Å²) in [4.78, 5) is 0.716. The number of phenolic OH excluding ortho intramolecular Hbond substituents is 1. The van der Waals surface area contributed by atoms with Crippen LogP contribution >= 0.6 is 12.2 Å². The van der Waals surface area contributed by atoms with Crippen LogP contribution in [0.3, 0.4) is 0 Å². The molecule has 0 amide bonds. The highest BCUT2D eigenvalue weighted by molar-refractivity contribution is 7.80. The molecule has 1 nitrogen and oxygen atoms in total. The number of thiocarbonyl (C=S) groups is 1. The Morgan fingerprint density at radius 3 is 2.57 bits per heavy atom. The highest BCUT2D eigenvalue weighted by atomic mass is 32.1. The third kappa shape index (κ3) is 1.38. The van der Waals surface area contributed by atoms with Crippen molar-refractivity contribution in [2.24, 2.45) is 0 Å². The summed E-state index contributed by atoms with van der Waals surface area (Å²) < 4.78 is 0. The predicted octanol–water partition coefficient (Wildman–Crippen LogP) is 3.28. The zero-order valence-corrected chi connectivity index (χ0v) is 8.64. The maximum absolute atomic E-state index is 9.93. The van der Waals surface area contributed by atoms with E-state index in [1.54, 1.807) is 0 Å². The molecule has 0 saturated heterocycles. The van der Waals surface area contributed by atoms with E-state index in [9.17, 15) is 5.11 Å². The van der Waals surface area contributed by atoms with Gasteiger partial charge in [0.05, 0.1) is 0 Å². The van der Waals surface area contributed by atoms with E-state index in [2.05, 4.69) is 0 Å². The number of rotatable bonds is 1. The van der Waals surface area contributed by atoms with Gasteiger partial charge in [-0.05, 0) is 18.4 Å². The van der Waals surface area contributed by atoms with E-state index in [1.165, 1.54) is 0 Å². The van der Waals surface area contributed by atoms with Crippen LogP contribution in [0.2, 0.25) is 0 Å². The van der Waals surface area contributed by atoms with Gasteiger partial charge < -0.3 is 5.11 Å². The van der Waals surface area contributed by atoms with Crippen LogP contribution in [0.25, 0.3) is 10.8 Å². The molecule has 0 aliphatic heterocycles. The Morgan fingerprint density at radius 2 is 1.86 bits per heavy atom. The first kappa shape index (κ1) is 9.16. The number of aromatic hydroxyl groups is 1. The van der Waals surface area contributed by atoms with E-state index in [0.29, 0.717) is 4.86 Å². The highest BCUT2D eigenvalue weighted by Gasteiger charge is 2.06. The SMILES string of the molecule is CC(=S)c1ccc2ccccc2c1O. The van der Waals surface area contributed by atoms with Crippen molar-refractivity contribution in [3.8, 4) is 5.75 Å². The topological polar surface area (TPSA) is 20.2 Å². The van der Waals surface area contributed by atoms with Gasteiger partial charge in [0.1, 0.15) is 5.75 Å². The Hall–Kier alpha value is -1.41. The van der Waals surface area contributed by atoms with Crippen molar-refractivity contribution in [2.45, 2.75) is 6.92 Å². The Morgan fingerprint density at radius 1 is 1.14 bits per heavy atom. The smallest absolute Gasteiger partial charge is 0.131 e. The van der Waals surface area contributed by atoms with Gasteiger partial charge in [0.2, 0.25) is 0 Å². The summed E-state index contributed by atoms with van der Waals surface area (Å²) in [7, 11) is 0. The second-order valence-electron chi connectivity index (χ2n) is 3.24. The second-order valence-corrected chi connectivity index (χ2v) is 3.85. The van der Waals surface area contributed by atoms with Gasteiger partial charge in [0, 0.05) is 15.8 Å². The van der Waals surface area contributed by atoms with Gasteiger partial charge in [-0.1, -0.05) is 42.5 Å². The minimum atomic E-state index is 0.288. The van der Waals surface area contributed by atoms with Crippen LogP contribution in [-0.4, -0.2) is 9.97 Å². The molecule has 0 unspecified atom stereocenters. The fraction of sp³-hybridized carbons (Fsp3) is 0.0833. The number of fused-ring (bicyclic) bond motifs is 1. The molecular weight excluding hydrogens is 192 g/mol. The van der Waals surface area contributed by atoms with E-state index in [-0.39, 0.29) is 5.75 Å². The number of benzene rings is 2. The van der Waals surface area contributed by atoms with Crippen molar-refractivity contribution < 1.29 is 5.11 Å². The summed E-state index contributed by atoms with van der Waals surface area (Å²) in [6.07, 6.45) is 0. The van der Waals surface area contributed by atoms with Crippen molar-refractivity contribution in [3.63, 3.8) is 0 Å². The summed E-state index contributed by atoms with van der Waals surface area (Å²) in [5.41, 5.74) is 0.749. The third-order valence-electron chi connectivity index (χ3n) is 2.28. The first-order valence-corrected chi connectivity index (χ1v) is 4.82. The van der Waals surface area contributed by atoms with Crippen molar-refractivity contribution in [1.82, 2.24) is 0 Å². The van der Waals surface area contributed by atoms with Crippen molar-refractivity contribution in [2.75, 3.05) is 0 Å². The molecule has 2 aromatic carbocycles. The lowest BCUT2D eigenvalue weighted by Crippen LogP contribution is -1.91. The fourth-order valence-electron chi connectivity index (χ4n) is 1.54.